The second-order valence-corrected chi connectivity index (χ2v) is 5.98. The van der Waals surface area contributed by atoms with E-state index in [2.05, 4.69) is 10.3 Å². The number of aromatic nitrogens is 1. The largest absolute Gasteiger partial charge is 0.478 e. The van der Waals surface area contributed by atoms with Gasteiger partial charge in [-0.1, -0.05) is 24.3 Å². The van der Waals surface area contributed by atoms with E-state index in [1.54, 1.807) is 18.4 Å². The van der Waals surface area contributed by atoms with E-state index in [-0.39, 0.29) is 5.56 Å². The molecule has 2 N–H and O–H groups in total. The van der Waals surface area contributed by atoms with Gasteiger partial charge in [-0.05, 0) is 6.42 Å². The van der Waals surface area contributed by atoms with E-state index in [4.69, 9.17) is 5.11 Å². The summed E-state index contributed by atoms with van der Waals surface area (Å²) in [5.41, 5.74) is 0.195. The van der Waals surface area contributed by atoms with Gasteiger partial charge in [-0.15, -0.1) is 0 Å². The number of carboxylic acids is 1. The van der Waals surface area contributed by atoms with Crippen LogP contribution < -0.4 is 5.32 Å². The summed E-state index contributed by atoms with van der Waals surface area (Å²) in [5.74, 6) is 0.312. The average molecular weight is 292 g/mol. The van der Waals surface area contributed by atoms with Crippen molar-refractivity contribution in [1.82, 2.24) is 4.98 Å². The Morgan fingerprint density at radius 1 is 1.35 bits per heavy atom. The van der Waals surface area contributed by atoms with Gasteiger partial charge >= 0.3 is 5.97 Å². The third kappa shape index (κ3) is 3.33. The first-order valence-electron chi connectivity index (χ1n) is 6.24. The molecular formula is C14H16N2O3S. The van der Waals surface area contributed by atoms with E-state index in [0.717, 1.165) is 11.8 Å². The molecule has 20 heavy (non-hydrogen) atoms. The van der Waals surface area contributed by atoms with E-state index in [1.807, 2.05) is 12.1 Å². The summed E-state index contributed by atoms with van der Waals surface area (Å²) in [6.07, 6.45) is 3.82. The van der Waals surface area contributed by atoms with E-state index in [9.17, 15) is 9.00 Å². The second-order valence-electron chi connectivity index (χ2n) is 4.43. The molecule has 1 heterocycles. The van der Waals surface area contributed by atoms with Crippen molar-refractivity contribution in [3.05, 3.63) is 36.0 Å². The number of hydrogen-bond donors (Lipinski definition) is 2. The number of pyridine rings is 1. The van der Waals surface area contributed by atoms with Gasteiger partial charge in [-0.3, -0.25) is 4.21 Å². The molecule has 1 atom stereocenters. The fraction of sp³-hybridized carbons (Fsp3) is 0.286. The molecule has 0 aliphatic carbocycles. The van der Waals surface area contributed by atoms with Crippen molar-refractivity contribution in [2.24, 2.45) is 0 Å². The summed E-state index contributed by atoms with van der Waals surface area (Å²) in [4.78, 5) is 15.3. The second kappa shape index (κ2) is 6.47. The molecule has 0 radical (unpaired) electrons. The summed E-state index contributed by atoms with van der Waals surface area (Å²) in [7, 11) is -0.799. The zero-order valence-corrected chi connectivity index (χ0v) is 11.9. The third-order valence-corrected chi connectivity index (χ3v) is 3.79. The van der Waals surface area contributed by atoms with Crippen LogP contribution in [-0.2, 0) is 10.8 Å². The Kier molecular flexibility index (Phi) is 4.68. The molecule has 0 amide bonds. The minimum absolute atomic E-state index is 0.195. The summed E-state index contributed by atoms with van der Waals surface area (Å²) in [6.45, 7) is 0.656. The maximum absolute atomic E-state index is 11.2. The monoisotopic (exact) mass is 292 g/mol. The zero-order chi connectivity index (χ0) is 14.5. The van der Waals surface area contributed by atoms with Gasteiger partial charge < -0.3 is 10.4 Å². The lowest BCUT2D eigenvalue weighted by Gasteiger charge is -2.10. The van der Waals surface area contributed by atoms with Crippen molar-refractivity contribution >= 4 is 33.4 Å². The van der Waals surface area contributed by atoms with Crippen LogP contribution >= 0.6 is 0 Å². The minimum Gasteiger partial charge on any atom is -0.478 e. The predicted octanol–water partition coefficient (Wildman–Crippen LogP) is 2.11. The first-order chi connectivity index (χ1) is 9.59. The molecule has 0 saturated carbocycles. The number of nitrogens with one attached hydrogen (secondary N) is 1. The number of anilines is 1. The van der Waals surface area contributed by atoms with Crippen LogP contribution in [0.2, 0.25) is 0 Å². The van der Waals surface area contributed by atoms with Crippen LogP contribution in [0.25, 0.3) is 10.8 Å². The van der Waals surface area contributed by atoms with Gasteiger partial charge in [0.1, 0.15) is 5.82 Å². The Morgan fingerprint density at radius 2 is 2.05 bits per heavy atom. The lowest BCUT2D eigenvalue weighted by atomic mass is 10.1. The van der Waals surface area contributed by atoms with Crippen LogP contribution in [0.3, 0.4) is 0 Å². The van der Waals surface area contributed by atoms with Crippen LogP contribution in [0.4, 0.5) is 5.82 Å². The molecule has 0 bridgehead atoms. The van der Waals surface area contributed by atoms with Crippen molar-refractivity contribution in [1.29, 1.82) is 0 Å². The zero-order valence-electron chi connectivity index (χ0n) is 11.1. The van der Waals surface area contributed by atoms with Crippen LogP contribution in [0.1, 0.15) is 16.8 Å². The molecule has 106 valence electrons. The maximum atomic E-state index is 11.2. The molecule has 0 spiro atoms. The average Bonchev–Trinajstić information content (AvgIpc) is 2.43. The Labute approximate surface area is 119 Å². The molecule has 0 fully saturated rings. The van der Waals surface area contributed by atoms with Gasteiger partial charge in [-0.25, -0.2) is 9.78 Å². The first-order valence-corrected chi connectivity index (χ1v) is 7.97. The summed E-state index contributed by atoms with van der Waals surface area (Å²) in [6, 6.07) is 7.27. The highest BCUT2D eigenvalue weighted by molar-refractivity contribution is 7.84. The SMILES string of the molecule is CS(=O)CCCNc1ncc(C(=O)O)c2ccccc12. The van der Waals surface area contributed by atoms with Gasteiger partial charge in [0.25, 0.3) is 0 Å². The number of fused-ring (bicyclic) bond motifs is 1. The van der Waals surface area contributed by atoms with Gasteiger partial charge in [0.05, 0.1) is 5.56 Å². The number of benzene rings is 1. The third-order valence-electron chi connectivity index (χ3n) is 2.93. The number of nitrogens with zero attached hydrogens (tertiary/aromatic N) is 1. The normalized spacial score (nSPS) is 12.2. The van der Waals surface area contributed by atoms with Crippen molar-refractivity contribution in [3.8, 4) is 0 Å². The number of aromatic carboxylic acids is 1. The molecule has 0 aliphatic heterocycles. The predicted molar refractivity (Wildman–Crippen MR) is 80.7 cm³/mol. The van der Waals surface area contributed by atoms with Gasteiger partial charge in [0.2, 0.25) is 0 Å². The first kappa shape index (κ1) is 14.5. The molecule has 2 aromatic rings. The fourth-order valence-electron chi connectivity index (χ4n) is 1.99. The molecule has 0 saturated heterocycles. The molecule has 1 aromatic heterocycles. The molecule has 2 rings (SSSR count). The Morgan fingerprint density at radius 3 is 2.70 bits per heavy atom. The lowest BCUT2D eigenvalue weighted by molar-refractivity contribution is 0.0698. The quantitative estimate of drug-likeness (QED) is 0.797. The van der Waals surface area contributed by atoms with Crippen molar-refractivity contribution in [2.75, 3.05) is 23.9 Å². The molecule has 1 unspecified atom stereocenters. The molecule has 6 heteroatoms. The van der Waals surface area contributed by atoms with E-state index >= 15 is 0 Å². The number of carbonyl (C=O) groups is 1. The van der Waals surface area contributed by atoms with Gasteiger partial charge in [0, 0.05) is 46.3 Å². The van der Waals surface area contributed by atoms with Gasteiger partial charge in [0.15, 0.2) is 0 Å². The summed E-state index contributed by atoms with van der Waals surface area (Å²) < 4.78 is 11.0. The molecular weight excluding hydrogens is 276 g/mol. The number of carboxylic acid groups (broad SMARTS) is 1. The Balaban J connectivity index is 2.24. The van der Waals surface area contributed by atoms with Crippen LogP contribution in [-0.4, -0.2) is 38.8 Å². The highest BCUT2D eigenvalue weighted by Gasteiger charge is 2.11. The van der Waals surface area contributed by atoms with E-state index < -0.39 is 16.8 Å². The number of hydrogen-bond acceptors (Lipinski definition) is 4. The topological polar surface area (TPSA) is 79.3 Å². The fourth-order valence-corrected chi connectivity index (χ4v) is 2.54. The van der Waals surface area contributed by atoms with Crippen molar-refractivity contribution < 1.29 is 14.1 Å². The van der Waals surface area contributed by atoms with E-state index in [0.29, 0.717) is 23.5 Å². The van der Waals surface area contributed by atoms with Crippen molar-refractivity contribution in [3.63, 3.8) is 0 Å². The smallest absolute Gasteiger partial charge is 0.337 e. The maximum Gasteiger partial charge on any atom is 0.337 e. The molecule has 5 nitrogen and oxygen atoms in total. The van der Waals surface area contributed by atoms with Crippen LogP contribution in [0.5, 0.6) is 0 Å². The molecule has 0 aliphatic rings. The summed E-state index contributed by atoms with van der Waals surface area (Å²) >= 11 is 0. The minimum atomic E-state index is -0.985. The highest BCUT2D eigenvalue weighted by atomic mass is 32.2. The number of rotatable bonds is 6. The van der Waals surface area contributed by atoms with Gasteiger partial charge in [-0.2, -0.15) is 0 Å². The Bertz CT molecular complexity index is 658. The highest BCUT2D eigenvalue weighted by Crippen LogP contribution is 2.24. The standard InChI is InChI=1S/C14H16N2O3S/c1-20(19)8-4-7-15-13-11-6-3-2-5-10(11)12(9-16-13)14(17)18/h2-3,5-6,9H,4,7-8H2,1H3,(H,15,16)(H,17,18). The van der Waals surface area contributed by atoms with E-state index in [1.165, 1.54) is 6.20 Å². The lowest BCUT2D eigenvalue weighted by Crippen LogP contribution is -2.09. The van der Waals surface area contributed by atoms with Crippen molar-refractivity contribution in [2.45, 2.75) is 6.42 Å². The van der Waals surface area contributed by atoms with Crippen LogP contribution in [0, 0.1) is 0 Å². The Hall–Kier alpha value is -1.95. The van der Waals surface area contributed by atoms with Crippen LogP contribution in [0.15, 0.2) is 30.5 Å². The molecule has 1 aromatic carbocycles. The summed E-state index contributed by atoms with van der Waals surface area (Å²) in [5, 5.41) is 13.8.